The van der Waals surface area contributed by atoms with E-state index in [2.05, 4.69) is 4.72 Å². The zero-order valence-corrected chi connectivity index (χ0v) is 11.8. The van der Waals surface area contributed by atoms with E-state index in [1.54, 1.807) is 24.3 Å². The maximum absolute atomic E-state index is 12.3. The van der Waals surface area contributed by atoms with E-state index >= 15 is 0 Å². The Morgan fingerprint density at radius 2 is 1.84 bits per heavy atom. The minimum absolute atomic E-state index is 0.0974. The number of benzene rings is 2. The monoisotopic (exact) mass is 296 g/mol. The normalized spacial score (nSPS) is 11.3. The largest absolute Gasteiger partial charge is 0.398 e. The van der Waals surface area contributed by atoms with Crippen LogP contribution in [0.3, 0.4) is 0 Å². The average Bonchev–Trinajstić information content (AvgIpc) is 2.27. The van der Waals surface area contributed by atoms with Crippen molar-refractivity contribution in [1.29, 1.82) is 0 Å². The molecule has 0 amide bonds. The molecule has 0 saturated carbocycles. The molecule has 0 radical (unpaired) electrons. The lowest BCUT2D eigenvalue weighted by atomic mass is 10.2. The number of anilines is 2. The highest BCUT2D eigenvalue weighted by molar-refractivity contribution is 7.93. The van der Waals surface area contributed by atoms with Gasteiger partial charge in [0.1, 0.15) is 4.90 Å². The van der Waals surface area contributed by atoms with Crippen molar-refractivity contribution in [3.05, 3.63) is 53.1 Å². The molecule has 0 unspecified atom stereocenters. The van der Waals surface area contributed by atoms with Gasteiger partial charge in [-0.25, -0.2) is 8.42 Å². The van der Waals surface area contributed by atoms with Crippen molar-refractivity contribution in [1.82, 2.24) is 0 Å². The Labute approximate surface area is 117 Å². The molecule has 0 bridgehead atoms. The maximum Gasteiger partial charge on any atom is 0.265 e. The van der Waals surface area contributed by atoms with Crippen LogP contribution in [0.2, 0.25) is 5.02 Å². The number of hydrogen-bond acceptors (Lipinski definition) is 3. The second-order valence-corrected chi connectivity index (χ2v) is 6.16. The third kappa shape index (κ3) is 3.00. The van der Waals surface area contributed by atoms with Gasteiger partial charge >= 0.3 is 0 Å². The first-order valence-electron chi connectivity index (χ1n) is 5.53. The van der Waals surface area contributed by atoms with Crippen molar-refractivity contribution < 1.29 is 8.42 Å². The zero-order valence-electron chi connectivity index (χ0n) is 10.2. The van der Waals surface area contributed by atoms with Gasteiger partial charge in [-0.1, -0.05) is 29.8 Å². The van der Waals surface area contributed by atoms with Gasteiger partial charge in [0.2, 0.25) is 0 Å². The van der Waals surface area contributed by atoms with E-state index < -0.39 is 10.0 Å². The number of aryl methyl sites for hydroxylation is 1. The number of rotatable bonds is 3. The number of nitrogen functional groups attached to an aromatic ring is 1. The second kappa shape index (κ2) is 5.11. The number of halogens is 1. The van der Waals surface area contributed by atoms with Crippen LogP contribution in [0.4, 0.5) is 11.4 Å². The molecule has 4 nitrogen and oxygen atoms in total. The second-order valence-electron chi connectivity index (χ2n) is 4.13. The van der Waals surface area contributed by atoms with Crippen LogP contribution in [0.5, 0.6) is 0 Å². The first kappa shape index (κ1) is 13.7. The van der Waals surface area contributed by atoms with E-state index in [4.69, 9.17) is 17.3 Å². The first-order valence-corrected chi connectivity index (χ1v) is 7.40. The highest BCUT2D eigenvalue weighted by Gasteiger charge is 2.21. The van der Waals surface area contributed by atoms with Crippen LogP contribution in [0.25, 0.3) is 0 Å². The molecular weight excluding hydrogens is 284 g/mol. The van der Waals surface area contributed by atoms with Gasteiger partial charge in [0.25, 0.3) is 10.0 Å². The minimum atomic E-state index is -3.80. The Balaban J connectivity index is 2.44. The molecule has 0 spiro atoms. The fraction of sp³-hybridized carbons (Fsp3) is 0.0769. The van der Waals surface area contributed by atoms with Gasteiger partial charge in [-0.3, -0.25) is 4.72 Å². The van der Waals surface area contributed by atoms with Crippen molar-refractivity contribution >= 4 is 33.0 Å². The van der Waals surface area contributed by atoms with Crippen LogP contribution >= 0.6 is 11.6 Å². The molecule has 2 aromatic rings. The fourth-order valence-corrected chi connectivity index (χ4v) is 3.45. The van der Waals surface area contributed by atoms with Crippen LogP contribution in [-0.2, 0) is 10.0 Å². The summed E-state index contributed by atoms with van der Waals surface area (Å²) >= 11 is 5.91. The van der Waals surface area contributed by atoms with Crippen molar-refractivity contribution in [2.45, 2.75) is 11.8 Å². The summed E-state index contributed by atoms with van der Waals surface area (Å²) in [6, 6.07) is 11.6. The molecule has 2 rings (SSSR count). The zero-order chi connectivity index (χ0) is 14.0. The van der Waals surface area contributed by atoms with Gasteiger partial charge in [0.05, 0.1) is 10.7 Å². The van der Waals surface area contributed by atoms with Crippen LogP contribution in [0, 0.1) is 6.92 Å². The van der Waals surface area contributed by atoms with Crippen molar-refractivity contribution in [3.63, 3.8) is 0 Å². The van der Waals surface area contributed by atoms with Gasteiger partial charge in [-0.15, -0.1) is 0 Å². The Hall–Kier alpha value is -1.72. The molecule has 0 fully saturated rings. The Morgan fingerprint density at radius 1 is 1.16 bits per heavy atom. The summed E-state index contributed by atoms with van der Waals surface area (Å²) in [6.07, 6.45) is 0. The van der Waals surface area contributed by atoms with E-state index in [-0.39, 0.29) is 15.6 Å². The molecule has 0 saturated heterocycles. The molecule has 3 N–H and O–H groups in total. The summed E-state index contributed by atoms with van der Waals surface area (Å²) in [4.78, 5) is -0.0989. The fourth-order valence-electron chi connectivity index (χ4n) is 1.72. The van der Waals surface area contributed by atoms with E-state index in [0.717, 1.165) is 5.56 Å². The molecule has 0 aliphatic heterocycles. The van der Waals surface area contributed by atoms with Crippen LogP contribution < -0.4 is 10.5 Å². The summed E-state index contributed by atoms with van der Waals surface area (Å²) in [5.41, 5.74) is 7.23. The maximum atomic E-state index is 12.3. The van der Waals surface area contributed by atoms with Crippen molar-refractivity contribution in [3.8, 4) is 0 Å². The molecule has 0 aliphatic rings. The molecule has 0 heterocycles. The van der Waals surface area contributed by atoms with Crippen LogP contribution in [0.15, 0.2) is 47.4 Å². The van der Waals surface area contributed by atoms with Gasteiger partial charge in [0.15, 0.2) is 0 Å². The predicted molar refractivity (Wildman–Crippen MR) is 77.9 cm³/mol. The molecule has 100 valence electrons. The standard InChI is InChI=1S/C13H13ClN2O2S/c1-9-4-2-5-10(8-9)16-19(17,18)13-11(14)6-3-7-12(13)15/h2-8,16H,15H2,1H3. The van der Waals surface area contributed by atoms with Gasteiger partial charge < -0.3 is 5.73 Å². The van der Waals surface area contributed by atoms with Crippen LogP contribution in [0.1, 0.15) is 5.56 Å². The summed E-state index contributed by atoms with van der Waals surface area (Å²) in [7, 11) is -3.80. The van der Waals surface area contributed by atoms with E-state index in [0.29, 0.717) is 5.69 Å². The molecule has 19 heavy (non-hydrogen) atoms. The van der Waals surface area contributed by atoms with Gasteiger partial charge in [0, 0.05) is 5.69 Å². The number of hydrogen-bond donors (Lipinski definition) is 2. The summed E-state index contributed by atoms with van der Waals surface area (Å²) in [5, 5.41) is 0.0974. The number of nitrogens with one attached hydrogen (secondary N) is 1. The van der Waals surface area contributed by atoms with E-state index in [1.807, 2.05) is 13.0 Å². The Kier molecular flexibility index (Phi) is 3.68. The lowest BCUT2D eigenvalue weighted by Gasteiger charge is -2.11. The topological polar surface area (TPSA) is 72.2 Å². The van der Waals surface area contributed by atoms with Crippen molar-refractivity contribution in [2.24, 2.45) is 0 Å². The molecule has 2 aromatic carbocycles. The van der Waals surface area contributed by atoms with E-state index in [1.165, 1.54) is 12.1 Å². The quantitative estimate of drug-likeness (QED) is 0.855. The molecule has 0 aliphatic carbocycles. The molecular formula is C13H13ClN2O2S. The Bertz CT molecular complexity index is 694. The molecule has 0 atom stereocenters. The third-order valence-corrected chi connectivity index (χ3v) is 4.46. The summed E-state index contributed by atoms with van der Waals surface area (Å²) < 4.78 is 27.0. The smallest absolute Gasteiger partial charge is 0.265 e. The number of nitrogens with two attached hydrogens (primary N) is 1. The highest BCUT2D eigenvalue weighted by Crippen LogP contribution is 2.28. The van der Waals surface area contributed by atoms with Gasteiger partial charge in [-0.2, -0.15) is 0 Å². The summed E-state index contributed by atoms with van der Waals surface area (Å²) in [6.45, 7) is 1.88. The SMILES string of the molecule is Cc1cccc(NS(=O)(=O)c2c(N)cccc2Cl)c1. The lowest BCUT2D eigenvalue weighted by Crippen LogP contribution is -2.15. The average molecular weight is 297 g/mol. The van der Waals surface area contributed by atoms with Crippen LogP contribution in [-0.4, -0.2) is 8.42 Å². The molecule has 0 aromatic heterocycles. The lowest BCUT2D eigenvalue weighted by molar-refractivity contribution is 0.601. The molecule has 6 heteroatoms. The van der Waals surface area contributed by atoms with E-state index in [9.17, 15) is 8.42 Å². The summed E-state index contributed by atoms with van der Waals surface area (Å²) in [5.74, 6) is 0. The van der Waals surface area contributed by atoms with Gasteiger partial charge in [-0.05, 0) is 36.8 Å². The highest BCUT2D eigenvalue weighted by atomic mass is 35.5. The minimum Gasteiger partial charge on any atom is -0.398 e. The third-order valence-electron chi connectivity index (χ3n) is 2.54. The van der Waals surface area contributed by atoms with Crippen molar-refractivity contribution in [2.75, 3.05) is 10.5 Å². The first-order chi connectivity index (χ1) is 8.90. The Morgan fingerprint density at radius 3 is 2.47 bits per heavy atom. The predicted octanol–water partition coefficient (Wildman–Crippen LogP) is 3.03. The number of sulfonamides is 1.